The Kier molecular flexibility index (Phi) is 3.14. The van der Waals surface area contributed by atoms with Gasteiger partial charge in [-0.15, -0.1) is 0 Å². The number of nitrogens with zero attached hydrogens (tertiary/aromatic N) is 3. The average Bonchev–Trinajstić information content (AvgIpc) is 2.86. The summed E-state index contributed by atoms with van der Waals surface area (Å²) in [7, 11) is 0. The molecule has 0 fully saturated rings. The van der Waals surface area contributed by atoms with Crippen molar-refractivity contribution >= 4 is 0 Å². The second-order valence-corrected chi connectivity index (χ2v) is 3.53. The summed E-state index contributed by atoms with van der Waals surface area (Å²) < 4.78 is 6.80. The van der Waals surface area contributed by atoms with Crippen LogP contribution in [0.5, 0.6) is 0 Å². The molecule has 15 heavy (non-hydrogen) atoms. The molecule has 2 aromatic heterocycles. The van der Waals surface area contributed by atoms with E-state index in [0.29, 0.717) is 6.04 Å². The van der Waals surface area contributed by atoms with Crippen LogP contribution in [0.4, 0.5) is 0 Å². The lowest BCUT2D eigenvalue weighted by Crippen LogP contribution is -2.29. The molecule has 80 valence electrons. The Balaban J connectivity index is 1.76. The third-order valence-electron chi connectivity index (χ3n) is 2.16. The Morgan fingerprint density at radius 3 is 3.20 bits per heavy atom. The Hall–Kier alpha value is -1.62. The summed E-state index contributed by atoms with van der Waals surface area (Å²) in [5, 5.41) is 7.42. The Morgan fingerprint density at radius 1 is 1.60 bits per heavy atom. The quantitative estimate of drug-likeness (QED) is 0.794. The van der Waals surface area contributed by atoms with Gasteiger partial charge in [-0.2, -0.15) is 5.10 Å². The predicted octanol–water partition coefficient (Wildman–Crippen LogP) is 1.05. The van der Waals surface area contributed by atoms with Crippen molar-refractivity contribution < 1.29 is 4.42 Å². The highest BCUT2D eigenvalue weighted by Crippen LogP contribution is 1.99. The van der Waals surface area contributed by atoms with E-state index >= 15 is 0 Å². The molecule has 2 heterocycles. The molecule has 0 saturated carbocycles. The van der Waals surface area contributed by atoms with Crippen molar-refractivity contribution in [3.63, 3.8) is 0 Å². The topological polar surface area (TPSA) is 55.9 Å². The van der Waals surface area contributed by atoms with Crippen LogP contribution in [0.15, 0.2) is 35.7 Å². The lowest BCUT2D eigenvalue weighted by Gasteiger charge is -2.12. The summed E-state index contributed by atoms with van der Waals surface area (Å²) in [5.74, 6) is 0. The summed E-state index contributed by atoms with van der Waals surface area (Å²) in [6.07, 6.45) is 6.69. The zero-order valence-electron chi connectivity index (χ0n) is 8.63. The third-order valence-corrected chi connectivity index (χ3v) is 2.16. The van der Waals surface area contributed by atoms with Gasteiger partial charge in [0.05, 0.1) is 19.1 Å². The molecule has 2 rings (SSSR count). The maximum atomic E-state index is 4.99. The second-order valence-electron chi connectivity index (χ2n) is 3.53. The van der Waals surface area contributed by atoms with E-state index in [1.807, 2.05) is 10.7 Å². The lowest BCUT2D eigenvalue weighted by atomic mass is 10.3. The fourth-order valence-electron chi connectivity index (χ4n) is 1.36. The molecule has 2 aromatic rings. The first kappa shape index (κ1) is 9.92. The van der Waals surface area contributed by atoms with Gasteiger partial charge < -0.3 is 9.73 Å². The molecule has 5 nitrogen and oxygen atoms in total. The van der Waals surface area contributed by atoms with Gasteiger partial charge in [0, 0.05) is 18.2 Å². The van der Waals surface area contributed by atoms with E-state index in [1.54, 1.807) is 25.2 Å². The maximum Gasteiger partial charge on any atom is 0.137 e. The Bertz CT molecular complexity index is 368. The Labute approximate surface area is 88.1 Å². The van der Waals surface area contributed by atoms with E-state index in [4.69, 9.17) is 4.42 Å². The van der Waals surface area contributed by atoms with E-state index < -0.39 is 0 Å². The zero-order valence-corrected chi connectivity index (χ0v) is 8.63. The molecule has 0 aliphatic carbocycles. The molecule has 0 aromatic carbocycles. The fourth-order valence-corrected chi connectivity index (χ4v) is 1.36. The number of rotatable bonds is 5. The molecule has 1 unspecified atom stereocenters. The van der Waals surface area contributed by atoms with Crippen LogP contribution in [0.3, 0.4) is 0 Å². The molecule has 1 N–H and O–H groups in total. The van der Waals surface area contributed by atoms with Gasteiger partial charge in [-0.3, -0.25) is 4.68 Å². The second kappa shape index (κ2) is 4.75. The highest BCUT2D eigenvalue weighted by Gasteiger charge is 2.03. The van der Waals surface area contributed by atoms with Gasteiger partial charge >= 0.3 is 0 Å². The molecule has 0 spiro atoms. The van der Waals surface area contributed by atoms with E-state index in [-0.39, 0.29) is 0 Å². The van der Waals surface area contributed by atoms with Gasteiger partial charge in [0.1, 0.15) is 12.7 Å². The number of aromatic nitrogens is 3. The monoisotopic (exact) mass is 206 g/mol. The minimum Gasteiger partial charge on any atom is -0.472 e. The average molecular weight is 206 g/mol. The van der Waals surface area contributed by atoms with Crippen LogP contribution in [0.25, 0.3) is 0 Å². The molecule has 1 atom stereocenters. The highest BCUT2D eigenvalue weighted by atomic mass is 16.3. The smallest absolute Gasteiger partial charge is 0.137 e. The summed E-state index contributed by atoms with van der Waals surface area (Å²) in [4.78, 5) is 3.89. The third kappa shape index (κ3) is 2.92. The highest BCUT2D eigenvalue weighted by molar-refractivity contribution is 5.04. The number of hydrogen-bond donors (Lipinski definition) is 1. The van der Waals surface area contributed by atoms with Gasteiger partial charge in [0.25, 0.3) is 0 Å². The molecule has 0 saturated heterocycles. The molecule has 0 radical (unpaired) electrons. The van der Waals surface area contributed by atoms with Gasteiger partial charge in [0.2, 0.25) is 0 Å². The van der Waals surface area contributed by atoms with Crippen LogP contribution >= 0.6 is 0 Å². The van der Waals surface area contributed by atoms with Gasteiger partial charge in [0.15, 0.2) is 0 Å². The predicted molar refractivity (Wildman–Crippen MR) is 55.0 cm³/mol. The van der Waals surface area contributed by atoms with Crippen molar-refractivity contribution in [2.24, 2.45) is 0 Å². The van der Waals surface area contributed by atoms with Gasteiger partial charge in [-0.1, -0.05) is 0 Å². The first-order valence-electron chi connectivity index (χ1n) is 4.91. The van der Waals surface area contributed by atoms with Crippen molar-refractivity contribution in [2.75, 3.05) is 0 Å². The lowest BCUT2D eigenvalue weighted by molar-refractivity contribution is 0.448. The zero-order chi connectivity index (χ0) is 10.5. The van der Waals surface area contributed by atoms with Gasteiger partial charge in [-0.05, 0) is 13.0 Å². The minimum absolute atomic E-state index is 0.349. The fraction of sp³-hybridized carbons (Fsp3) is 0.400. The van der Waals surface area contributed by atoms with E-state index in [1.165, 1.54) is 0 Å². The molecular weight excluding hydrogens is 192 g/mol. The molecule has 0 aliphatic rings. The molecule has 5 heteroatoms. The van der Waals surface area contributed by atoms with Crippen LogP contribution < -0.4 is 5.32 Å². The van der Waals surface area contributed by atoms with Crippen LogP contribution in [0.2, 0.25) is 0 Å². The first-order chi connectivity index (χ1) is 7.34. The summed E-state index contributed by atoms with van der Waals surface area (Å²) in [6, 6.07) is 2.30. The van der Waals surface area contributed by atoms with Crippen LogP contribution in [0, 0.1) is 0 Å². The van der Waals surface area contributed by atoms with E-state index in [9.17, 15) is 0 Å². The van der Waals surface area contributed by atoms with Crippen molar-refractivity contribution in [2.45, 2.75) is 26.1 Å². The maximum absolute atomic E-state index is 4.99. The largest absolute Gasteiger partial charge is 0.472 e. The van der Waals surface area contributed by atoms with Crippen molar-refractivity contribution in [1.29, 1.82) is 0 Å². The minimum atomic E-state index is 0.349. The van der Waals surface area contributed by atoms with E-state index in [2.05, 4.69) is 22.3 Å². The van der Waals surface area contributed by atoms with Crippen LogP contribution in [0.1, 0.15) is 12.5 Å². The standard InChI is InChI=1S/C10H14N4O/c1-9(5-14-8-11-7-13-14)12-4-10-2-3-15-6-10/h2-3,6-9,12H,4-5H2,1H3. The normalized spacial score (nSPS) is 12.9. The van der Waals surface area contributed by atoms with Crippen LogP contribution in [-0.4, -0.2) is 20.8 Å². The SMILES string of the molecule is CC(Cn1cncn1)NCc1ccoc1. The summed E-state index contributed by atoms with van der Waals surface area (Å²) >= 11 is 0. The molecule has 0 aliphatic heterocycles. The summed E-state index contributed by atoms with van der Waals surface area (Å²) in [6.45, 7) is 3.74. The molecule has 0 bridgehead atoms. The molecule has 0 amide bonds. The number of nitrogens with one attached hydrogen (secondary N) is 1. The van der Waals surface area contributed by atoms with Crippen molar-refractivity contribution in [1.82, 2.24) is 20.1 Å². The number of furan rings is 1. The van der Waals surface area contributed by atoms with Crippen molar-refractivity contribution in [3.05, 3.63) is 36.8 Å². The Morgan fingerprint density at radius 2 is 2.53 bits per heavy atom. The van der Waals surface area contributed by atoms with Gasteiger partial charge in [-0.25, -0.2) is 4.98 Å². The number of hydrogen-bond acceptors (Lipinski definition) is 4. The van der Waals surface area contributed by atoms with Crippen molar-refractivity contribution in [3.8, 4) is 0 Å². The van der Waals surface area contributed by atoms with E-state index in [0.717, 1.165) is 18.7 Å². The first-order valence-corrected chi connectivity index (χ1v) is 4.91. The summed E-state index contributed by atoms with van der Waals surface area (Å²) in [5.41, 5.74) is 1.15. The molecular formula is C10H14N4O. The van der Waals surface area contributed by atoms with Crippen LogP contribution in [-0.2, 0) is 13.1 Å².